The van der Waals surface area contributed by atoms with Crippen LogP contribution in [0.15, 0.2) is 30.7 Å². The van der Waals surface area contributed by atoms with Gasteiger partial charge in [0.1, 0.15) is 5.82 Å². The van der Waals surface area contributed by atoms with Gasteiger partial charge in [-0.05, 0) is 12.1 Å². The highest BCUT2D eigenvalue weighted by Crippen LogP contribution is 2.25. The van der Waals surface area contributed by atoms with Crippen molar-refractivity contribution in [1.29, 1.82) is 0 Å². The molecule has 1 aliphatic rings. The predicted octanol–water partition coefficient (Wildman–Crippen LogP) is 0.950. The second-order valence-corrected chi connectivity index (χ2v) is 5.32. The van der Waals surface area contributed by atoms with Crippen LogP contribution in [0.5, 0.6) is 0 Å². The molecule has 0 atom stereocenters. The van der Waals surface area contributed by atoms with Gasteiger partial charge in [0.2, 0.25) is 11.9 Å². The van der Waals surface area contributed by atoms with Crippen LogP contribution in [-0.2, 0) is 0 Å². The number of carbonyl (C=O) groups is 1. The minimum atomic E-state index is -0.535. The quantitative estimate of drug-likeness (QED) is 0.906. The van der Waals surface area contributed by atoms with Crippen molar-refractivity contribution in [1.82, 2.24) is 15.0 Å². The van der Waals surface area contributed by atoms with Gasteiger partial charge in [-0.3, -0.25) is 4.79 Å². The summed E-state index contributed by atoms with van der Waals surface area (Å²) in [7, 11) is 0. The van der Waals surface area contributed by atoms with Gasteiger partial charge in [0.05, 0.1) is 10.6 Å². The van der Waals surface area contributed by atoms with Crippen molar-refractivity contribution in [3.63, 3.8) is 0 Å². The fourth-order valence-electron chi connectivity index (χ4n) is 2.37. The Bertz CT molecular complexity index is 672. The summed E-state index contributed by atoms with van der Waals surface area (Å²) in [5, 5.41) is 0.431. The van der Waals surface area contributed by atoms with Crippen molar-refractivity contribution in [2.45, 2.75) is 0 Å². The summed E-state index contributed by atoms with van der Waals surface area (Å²) in [6, 6.07) is 3.35. The Kier molecular flexibility index (Phi) is 4.06. The van der Waals surface area contributed by atoms with Gasteiger partial charge in [-0.2, -0.15) is 0 Å². The number of carbonyl (C=O) groups excluding carboxylic acids is 1. The molecule has 0 bridgehead atoms. The molecule has 3 heterocycles. The molecule has 2 aromatic rings. The topological polar surface area (TPSA) is 88.2 Å². The molecule has 1 saturated heterocycles. The average molecular weight is 319 g/mol. The summed E-state index contributed by atoms with van der Waals surface area (Å²) in [6.07, 6.45) is 4.92. The SMILES string of the molecule is NC(=O)c1cnc(N2CCN(c3ncccn3)CC2)c(Cl)c1. The fourth-order valence-corrected chi connectivity index (χ4v) is 2.66. The molecule has 0 unspecified atom stereocenters. The van der Waals surface area contributed by atoms with Crippen molar-refractivity contribution in [2.24, 2.45) is 5.73 Å². The molecule has 2 N–H and O–H groups in total. The third-order valence-electron chi connectivity index (χ3n) is 3.52. The number of piperazine rings is 1. The lowest BCUT2D eigenvalue weighted by molar-refractivity contribution is 0.1000. The first-order valence-electron chi connectivity index (χ1n) is 6.87. The molecule has 0 spiro atoms. The Morgan fingerprint density at radius 2 is 1.73 bits per heavy atom. The Morgan fingerprint density at radius 1 is 1.09 bits per heavy atom. The molecule has 22 heavy (non-hydrogen) atoms. The van der Waals surface area contributed by atoms with Crippen LogP contribution in [0.3, 0.4) is 0 Å². The Hall–Kier alpha value is -2.41. The van der Waals surface area contributed by atoms with E-state index in [0.717, 1.165) is 32.1 Å². The van der Waals surface area contributed by atoms with Crippen LogP contribution >= 0.6 is 11.6 Å². The lowest BCUT2D eigenvalue weighted by atomic mass is 10.2. The number of rotatable bonds is 3. The lowest BCUT2D eigenvalue weighted by Crippen LogP contribution is -2.47. The zero-order valence-corrected chi connectivity index (χ0v) is 12.6. The average Bonchev–Trinajstić information content (AvgIpc) is 2.56. The van der Waals surface area contributed by atoms with Crippen LogP contribution in [0, 0.1) is 0 Å². The van der Waals surface area contributed by atoms with Crippen LogP contribution in [0.4, 0.5) is 11.8 Å². The molecular formula is C14H15ClN6O. The Balaban J connectivity index is 1.70. The summed E-state index contributed by atoms with van der Waals surface area (Å²) >= 11 is 6.21. The zero-order chi connectivity index (χ0) is 15.5. The van der Waals surface area contributed by atoms with E-state index < -0.39 is 5.91 Å². The maximum absolute atomic E-state index is 11.1. The van der Waals surface area contributed by atoms with Crippen molar-refractivity contribution in [3.05, 3.63) is 41.3 Å². The van der Waals surface area contributed by atoms with Crippen LogP contribution in [0.2, 0.25) is 5.02 Å². The number of hydrogen-bond donors (Lipinski definition) is 1. The highest BCUT2D eigenvalue weighted by atomic mass is 35.5. The first-order chi connectivity index (χ1) is 10.6. The standard InChI is InChI=1S/C14H15ClN6O/c15-11-8-10(12(16)22)9-19-13(11)20-4-6-21(7-5-20)14-17-2-1-3-18-14/h1-3,8-9H,4-7H2,(H2,16,22). The van der Waals surface area contributed by atoms with E-state index in [1.807, 2.05) is 0 Å². The molecule has 2 aromatic heterocycles. The minimum absolute atomic E-state index is 0.310. The van der Waals surface area contributed by atoms with Gasteiger partial charge < -0.3 is 15.5 Å². The van der Waals surface area contributed by atoms with E-state index >= 15 is 0 Å². The number of pyridine rings is 1. The van der Waals surface area contributed by atoms with Crippen molar-refractivity contribution in [3.8, 4) is 0 Å². The van der Waals surface area contributed by atoms with Gasteiger partial charge in [0, 0.05) is 44.8 Å². The fraction of sp³-hybridized carbons (Fsp3) is 0.286. The molecule has 1 fully saturated rings. The molecule has 8 heteroatoms. The van der Waals surface area contributed by atoms with E-state index in [1.165, 1.54) is 6.20 Å². The third kappa shape index (κ3) is 2.94. The Morgan fingerprint density at radius 3 is 2.32 bits per heavy atom. The number of aromatic nitrogens is 3. The van der Waals surface area contributed by atoms with E-state index in [4.69, 9.17) is 17.3 Å². The highest BCUT2D eigenvalue weighted by Gasteiger charge is 2.21. The molecule has 0 aliphatic carbocycles. The van der Waals surface area contributed by atoms with Crippen LogP contribution < -0.4 is 15.5 Å². The first kappa shape index (κ1) is 14.5. The molecular weight excluding hydrogens is 304 g/mol. The number of halogens is 1. The van der Waals surface area contributed by atoms with E-state index in [1.54, 1.807) is 24.5 Å². The molecule has 7 nitrogen and oxygen atoms in total. The summed E-state index contributed by atoms with van der Waals surface area (Å²) in [5.74, 6) is 0.859. The van der Waals surface area contributed by atoms with Crippen molar-refractivity contribution in [2.75, 3.05) is 36.0 Å². The van der Waals surface area contributed by atoms with E-state index in [2.05, 4.69) is 24.8 Å². The van der Waals surface area contributed by atoms with Gasteiger partial charge in [-0.25, -0.2) is 15.0 Å². The molecule has 0 saturated carbocycles. The van der Waals surface area contributed by atoms with Crippen LogP contribution in [-0.4, -0.2) is 47.0 Å². The normalized spacial score (nSPS) is 15.0. The number of primary amides is 1. The van der Waals surface area contributed by atoms with Gasteiger partial charge in [0.15, 0.2) is 0 Å². The van der Waals surface area contributed by atoms with E-state index in [9.17, 15) is 4.79 Å². The van der Waals surface area contributed by atoms with E-state index in [0.29, 0.717) is 16.4 Å². The Labute approximate surface area is 132 Å². The summed E-state index contributed by atoms with van der Waals surface area (Å²) in [4.78, 5) is 28.1. The number of hydrogen-bond acceptors (Lipinski definition) is 6. The lowest BCUT2D eigenvalue weighted by Gasteiger charge is -2.35. The van der Waals surface area contributed by atoms with Gasteiger partial charge in [-0.1, -0.05) is 11.6 Å². The van der Waals surface area contributed by atoms with Gasteiger partial charge >= 0.3 is 0 Å². The van der Waals surface area contributed by atoms with Gasteiger partial charge in [-0.15, -0.1) is 0 Å². The van der Waals surface area contributed by atoms with Crippen LogP contribution in [0.25, 0.3) is 0 Å². The van der Waals surface area contributed by atoms with Crippen LogP contribution in [0.1, 0.15) is 10.4 Å². The second-order valence-electron chi connectivity index (χ2n) is 4.92. The molecule has 0 aromatic carbocycles. The summed E-state index contributed by atoms with van der Waals surface area (Å²) in [5.41, 5.74) is 5.53. The monoisotopic (exact) mass is 318 g/mol. The number of nitrogens with zero attached hydrogens (tertiary/aromatic N) is 5. The zero-order valence-electron chi connectivity index (χ0n) is 11.8. The first-order valence-corrected chi connectivity index (χ1v) is 7.25. The molecule has 3 rings (SSSR count). The number of nitrogens with two attached hydrogens (primary N) is 1. The molecule has 1 aliphatic heterocycles. The minimum Gasteiger partial charge on any atom is -0.366 e. The number of anilines is 2. The summed E-state index contributed by atoms with van der Waals surface area (Å²) in [6.45, 7) is 3.06. The molecule has 1 amide bonds. The highest BCUT2D eigenvalue weighted by molar-refractivity contribution is 6.33. The molecule has 0 radical (unpaired) electrons. The van der Waals surface area contributed by atoms with Crippen molar-refractivity contribution >= 4 is 29.3 Å². The predicted molar refractivity (Wildman–Crippen MR) is 84.2 cm³/mol. The van der Waals surface area contributed by atoms with Crippen molar-refractivity contribution < 1.29 is 4.79 Å². The maximum atomic E-state index is 11.1. The largest absolute Gasteiger partial charge is 0.366 e. The number of amides is 1. The second kappa shape index (κ2) is 6.15. The van der Waals surface area contributed by atoms with E-state index in [-0.39, 0.29) is 0 Å². The maximum Gasteiger partial charge on any atom is 0.250 e. The van der Waals surface area contributed by atoms with Gasteiger partial charge in [0.25, 0.3) is 0 Å². The third-order valence-corrected chi connectivity index (χ3v) is 3.80. The molecule has 114 valence electrons. The summed E-state index contributed by atoms with van der Waals surface area (Å²) < 4.78 is 0. The smallest absolute Gasteiger partial charge is 0.250 e.